The molecule has 242 valence electrons. The van der Waals surface area contributed by atoms with E-state index >= 15 is 0 Å². The van der Waals surface area contributed by atoms with Crippen LogP contribution in [0.5, 0.6) is 0 Å². The first kappa shape index (κ1) is 32.5. The summed E-state index contributed by atoms with van der Waals surface area (Å²) in [6, 6.07) is 4.30. The van der Waals surface area contributed by atoms with Crippen LogP contribution in [0.1, 0.15) is 49.3 Å². The lowest BCUT2D eigenvalue weighted by Crippen LogP contribution is -2.47. The van der Waals surface area contributed by atoms with E-state index in [-0.39, 0.29) is 24.2 Å². The molecule has 4 aliphatic rings. The van der Waals surface area contributed by atoms with Crippen LogP contribution in [-0.4, -0.2) is 97.8 Å². The number of alkyl halides is 3. The van der Waals surface area contributed by atoms with E-state index in [0.717, 1.165) is 56.7 Å². The number of allylic oxidation sites excluding steroid dienone is 1. The number of piperidine rings is 1. The van der Waals surface area contributed by atoms with Crippen LogP contribution in [0.25, 0.3) is 0 Å². The van der Waals surface area contributed by atoms with Crippen LogP contribution in [0.3, 0.4) is 0 Å². The fourth-order valence-electron chi connectivity index (χ4n) is 7.48. The summed E-state index contributed by atoms with van der Waals surface area (Å²) in [5.74, 6) is 0.756. The van der Waals surface area contributed by atoms with Gasteiger partial charge in [-0.2, -0.15) is 13.2 Å². The first-order valence-electron chi connectivity index (χ1n) is 15.2. The first-order valence-corrected chi connectivity index (χ1v) is 17.1. The number of amides is 1. The molecule has 3 aliphatic heterocycles. The zero-order valence-corrected chi connectivity index (χ0v) is 26.5. The van der Waals surface area contributed by atoms with Crippen molar-refractivity contribution in [3.8, 4) is 0 Å². The number of fused-ring (bicyclic) bond motifs is 2. The molecule has 1 aromatic rings. The maximum absolute atomic E-state index is 13.7. The van der Waals surface area contributed by atoms with E-state index in [0.29, 0.717) is 60.8 Å². The summed E-state index contributed by atoms with van der Waals surface area (Å²) in [6.07, 6.45) is 1.97. The molecule has 44 heavy (non-hydrogen) atoms. The SMILES string of the molecule is C=C(/C(C)=C(\N=CN)C(=O)N1CCC(N2C[C@H]3CC(N(C)S(C)(=O)=O)C[C@H]3C2)CC1)N1CCc2ccc(C(F)(F)F)cc2C1. The van der Waals surface area contributed by atoms with Gasteiger partial charge in [0.2, 0.25) is 10.0 Å². The Morgan fingerprint density at radius 3 is 2.30 bits per heavy atom. The third-order valence-electron chi connectivity index (χ3n) is 10.2. The topological polar surface area (TPSA) is 103 Å². The van der Waals surface area contributed by atoms with Crippen molar-refractivity contribution in [1.29, 1.82) is 0 Å². The largest absolute Gasteiger partial charge is 0.416 e. The van der Waals surface area contributed by atoms with Crippen molar-refractivity contribution < 1.29 is 26.4 Å². The summed E-state index contributed by atoms with van der Waals surface area (Å²) in [4.78, 5) is 24.1. The number of carbonyl (C=O) groups excluding carboxylic acids is 1. The Morgan fingerprint density at radius 2 is 1.73 bits per heavy atom. The van der Waals surface area contributed by atoms with Crippen LogP contribution >= 0.6 is 0 Å². The Balaban J connectivity index is 1.19. The third-order valence-corrected chi connectivity index (χ3v) is 11.5. The Morgan fingerprint density at radius 1 is 1.09 bits per heavy atom. The van der Waals surface area contributed by atoms with Crippen molar-refractivity contribution in [2.45, 2.75) is 63.8 Å². The molecular weight excluding hydrogens is 593 g/mol. The maximum Gasteiger partial charge on any atom is 0.416 e. The first-order chi connectivity index (χ1) is 20.7. The number of nitrogens with two attached hydrogens (primary N) is 1. The molecule has 2 saturated heterocycles. The highest BCUT2D eigenvalue weighted by molar-refractivity contribution is 7.88. The molecule has 1 saturated carbocycles. The lowest BCUT2D eigenvalue weighted by Gasteiger charge is -2.38. The van der Waals surface area contributed by atoms with Crippen LogP contribution in [0.4, 0.5) is 13.2 Å². The fourth-order valence-corrected chi connectivity index (χ4v) is 8.19. The van der Waals surface area contributed by atoms with Gasteiger partial charge in [-0.1, -0.05) is 12.6 Å². The highest BCUT2D eigenvalue weighted by Gasteiger charge is 2.45. The summed E-state index contributed by atoms with van der Waals surface area (Å²) in [6.45, 7) is 9.86. The average molecular weight is 637 g/mol. The highest BCUT2D eigenvalue weighted by Crippen LogP contribution is 2.42. The number of halogens is 3. The van der Waals surface area contributed by atoms with Gasteiger partial charge < -0.3 is 15.5 Å². The molecule has 3 fully saturated rings. The van der Waals surface area contributed by atoms with Crippen molar-refractivity contribution in [1.82, 2.24) is 19.0 Å². The molecule has 1 unspecified atom stereocenters. The minimum Gasteiger partial charge on any atom is -0.390 e. The van der Waals surface area contributed by atoms with Gasteiger partial charge in [-0.25, -0.2) is 17.7 Å². The number of aliphatic imine (C=N–C) groups is 1. The molecule has 2 N–H and O–H groups in total. The molecule has 13 heteroatoms. The molecule has 3 atom stereocenters. The quantitative estimate of drug-likeness (QED) is 0.213. The molecule has 1 aliphatic carbocycles. The van der Waals surface area contributed by atoms with E-state index in [1.165, 1.54) is 16.6 Å². The van der Waals surface area contributed by atoms with Crippen molar-refractivity contribution in [2.75, 3.05) is 46.0 Å². The van der Waals surface area contributed by atoms with Crippen molar-refractivity contribution >= 4 is 22.3 Å². The third kappa shape index (κ3) is 6.69. The lowest BCUT2D eigenvalue weighted by molar-refractivity contribution is -0.137. The van der Waals surface area contributed by atoms with Crippen molar-refractivity contribution in [3.63, 3.8) is 0 Å². The number of likely N-dealkylation sites (tertiary alicyclic amines) is 2. The second-order valence-corrected chi connectivity index (χ2v) is 14.8. The molecule has 9 nitrogen and oxygen atoms in total. The van der Waals surface area contributed by atoms with E-state index in [1.807, 2.05) is 4.90 Å². The van der Waals surface area contributed by atoms with Crippen LogP contribution in [0, 0.1) is 11.8 Å². The van der Waals surface area contributed by atoms with Gasteiger partial charge in [-0.15, -0.1) is 0 Å². The number of rotatable bonds is 7. The number of carbonyl (C=O) groups is 1. The van der Waals surface area contributed by atoms with E-state index in [9.17, 15) is 26.4 Å². The molecule has 1 aromatic carbocycles. The minimum absolute atomic E-state index is 0.0740. The number of benzene rings is 1. The van der Waals surface area contributed by atoms with Crippen LogP contribution in [0.15, 0.2) is 46.7 Å². The normalized spacial score (nSPS) is 25.8. The fraction of sp³-hybridized carbons (Fsp3) is 0.613. The second-order valence-electron chi connectivity index (χ2n) is 12.8. The molecule has 3 heterocycles. The number of sulfonamides is 1. The Bertz CT molecular complexity index is 1440. The van der Waals surface area contributed by atoms with Crippen LogP contribution in [0.2, 0.25) is 0 Å². The monoisotopic (exact) mass is 636 g/mol. The smallest absolute Gasteiger partial charge is 0.390 e. The molecule has 1 amide bonds. The van der Waals surface area contributed by atoms with E-state index in [2.05, 4.69) is 16.5 Å². The summed E-state index contributed by atoms with van der Waals surface area (Å²) in [5.41, 5.74) is 7.74. The van der Waals surface area contributed by atoms with E-state index in [1.54, 1.807) is 24.9 Å². The number of hydrogen-bond acceptors (Lipinski definition) is 6. The summed E-state index contributed by atoms with van der Waals surface area (Å²) in [5, 5.41) is 0. The zero-order chi connectivity index (χ0) is 32.0. The molecule has 0 bridgehead atoms. The van der Waals surface area contributed by atoms with Gasteiger partial charge in [0.1, 0.15) is 5.70 Å². The second kappa shape index (κ2) is 12.5. The molecule has 0 spiro atoms. The predicted octanol–water partition coefficient (Wildman–Crippen LogP) is 3.43. The Hall–Kier alpha value is -2.90. The van der Waals surface area contributed by atoms with Crippen molar-refractivity contribution in [2.24, 2.45) is 22.6 Å². The van der Waals surface area contributed by atoms with Gasteiger partial charge in [0.15, 0.2) is 0 Å². The minimum atomic E-state index is -4.42. The Labute approximate surface area is 258 Å². The predicted molar refractivity (Wildman–Crippen MR) is 164 cm³/mol. The summed E-state index contributed by atoms with van der Waals surface area (Å²) < 4.78 is 65.4. The van der Waals surface area contributed by atoms with Gasteiger partial charge in [0, 0.05) is 69.7 Å². The van der Waals surface area contributed by atoms with Gasteiger partial charge >= 0.3 is 6.18 Å². The molecule has 5 rings (SSSR count). The van der Waals surface area contributed by atoms with Crippen molar-refractivity contribution in [3.05, 3.63) is 58.4 Å². The zero-order valence-electron chi connectivity index (χ0n) is 25.7. The van der Waals surface area contributed by atoms with Gasteiger partial charge in [-0.3, -0.25) is 9.69 Å². The summed E-state index contributed by atoms with van der Waals surface area (Å²) >= 11 is 0. The standard InChI is InChI=1S/C31H43F3N6O3S/c1-20(21(2)39-10-7-22-5-6-26(31(32,33)34)13-23(22)16-39)29(36-19-35)30(41)38-11-8-27(9-12-38)40-17-24-14-28(15-25(24)18-40)37(3)44(4,42)43/h5-6,13,19,24-25,27-28H,2,7-12,14-18H2,1,3-4H3,(H2,35,36)/b29-20-/t24-,25+,28?. The van der Waals surface area contributed by atoms with E-state index < -0.39 is 21.8 Å². The van der Waals surface area contributed by atoms with Crippen LogP contribution in [-0.2, 0) is 34.0 Å². The molecule has 0 aromatic heterocycles. The highest BCUT2D eigenvalue weighted by atomic mass is 32.2. The Kier molecular flexibility index (Phi) is 9.21. The van der Waals surface area contributed by atoms with Crippen LogP contribution < -0.4 is 5.73 Å². The summed E-state index contributed by atoms with van der Waals surface area (Å²) in [7, 11) is -1.52. The number of hydrogen-bond donors (Lipinski definition) is 1. The average Bonchev–Trinajstić information content (AvgIpc) is 3.57. The van der Waals surface area contributed by atoms with Gasteiger partial charge in [0.25, 0.3) is 5.91 Å². The molecular formula is C31H43F3N6O3S. The lowest BCUT2D eigenvalue weighted by atomic mass is 9.96. The van der Waals surface area contributed by atoms with Gasteiger partial charge in [-0.05, 0) is 74.1 Å². The number of nitrogens with zero attached hydrogens (tertiary/aromatic N) is 5. The van der Waals surface area contributed by atoms with E-state index in [4.69, 9.17) is 5.73 Å². The van der Waals surface area contributed by atoms with Gasteiger partial charge in [0.05, 0.1) is 18.2 Å². The molecule has 0 radical (unpaired) electrons. The maximum atomic E-state index is 13.7.